The molecule has 1 aromatic heterocycles. The highest BCUT2D eigenvalue weighted by Crippen LogP contribution is 2.25. The molecule has 0 radical (unpaired) electrons. The van der Waals surface area contributed by atoms with Gasteiger partial charge in [0, 0.05) is 12.1 Å². The second kappa shape index (κ2) is 8.71. The van der Waals surface area contributed by atoms with Crippen LogP contribution in [-0.4, -0.2) is 30.3 Å². The van der Waals surface area contributed by atoms with E-state index in [0.717, 1.165) is 16.9 Å². The highest BCUT2D eigenvalue weighted by atomic mass is 16.5. The highest BCUT2D eigenvalue weighted by molar-refractivity contribution is 5.80. The summed E-state index contributed by atoms with van der Waals surface area (Å²) in [5.41, 5.74) is 8.15. The van der Waals surface area contributed by atoms with E-state index in [1.165, 1.54) is 0 Å². The molecule has 0 aliphatic heterocycles. The quantitative estimate of drug-likeness (QED) is 0.682. The van der Waals surface area contributed by atoms with Crippen molar-refractivity contribution in [2.24, 2.45) is 5.73 Å². The van der Waals surface area contributed by atoms with Crippen molar-refractivity contribution in [2.45, 2.75) is 19.9 Å². The Hall–Kier alpha value is -3.12. The van der Waals surface area contributed by atoms with Gasteiger partial charge in [-0.3, -0.25) is 9.36 Å². The number of hydrogen-bond donors (Lipinski definition) is 1. The van der Waals surface area contributed by atoms with E-state index in [4.69, 9.17) is 20.2 Å². The summed E-state index contributed by atoms with van der Waals surface area (Å²) in [5.74, 6) is 2.02. The standard InChI is InChI=1S/C22H25N3O3/c1-15-5-8-19-18(13-15)22(26)25(12-4-11-23)21(24-19)10-6-16-14-17(27-2)7-9-20(16)28-3/h5-10,13-14H,4,11-12,23H2,1-3H3. The molecule has 6 nitrogen and oxygen atoms in total. The normalized spacial score (nSPS) is 11.3. The molecular formula is C22H25N3O3. The van der Waals surface area contributed by atoms with Crippen molar-refractivity contribution in [3.05, 3.63) is 63.7 Å². The second-order valence-electron chi connectivity index (χ2n) is 6.53. The summed E-state index contributed by atoms with van der Waals surface area (Å²) in [6, 6.07) is 11.3. The van der Waals surface area contributed by atoms with E-state index in [-0.39, 0.29) is 5.56 Å². The average Bonchev–Trinajstić information content (AvgIpc) is 2.72. The first-order chi connectivity index (χ1) is 13.6. The lowest BCUT2D eigenvalue weighted by Crippen LogP contribution is -2.25. The molecule has 0 unspecified atom stereocenters. The lowest BCUT2D eigenvalue weighted by molar-refractivity contribution is 0.402. The van der Waals surface area contributed by atoms with E-state index >= 15 is 0 Å². The monoisotopic (exact) mass is 379 g/mol. The third-order valence-electron chi connectivity index (χ3n) is 4.57. The van der Waals surface area contributed by atoms with Crippen LogP contribution in [0.3, 0.4) is 0 Å². The van der Waals surface area contributed by atoms with Crippen LogP contribution in [-0.2, 0) is 6.54 Å². The van der Waals surface area contributed by atoms with Crippen LogP contribution in [0.5, 0.6) is 11.5 Å². The minimum absolute atomic E-state index is 0.0561. The van der Waals surface area contributed by atoms with E-state index in [0.29, 0.717) is 42.0 Å². The number of rotatable bonds is 7. The fourth-order valence-corrected chi connectivity index (χ4v) is 3.08. The number of nitrogens with two attached hydrogens (primary N) is 1. The van der Waals surface area contributed by atoms with Gasteiger partial charge in [-0.25, -0.2) is 4.98 Å². The minimum Gasteiger partial charge on any atom is -0.497 e. The molecule has 0 fully saturated rings. The van der Waals surface area contributed by atoms with Crippen LogP contribution in [0.2, 0.25) is 0 Å². The van der Waals surface area contributed by atoms with Gasteiger partial charge in [0.25, 0.3) is 5.56 Å². The zero-order valence-corrected chi connectivity index (χ0v) is 16.4. The summed E-state index contributed by atoms with van der Waals surface area (Å²) in [7, 11) is 3.24. The summed E-state index contributed by atoms with van der Waals surface area (Å²) in [6.07, 6.45) is 4.40. The second-order valence-corrected chi connectivity index (χ2v) is 6.53. The molecule has 2 aromatic carbocycles. The number of aryl methyl sites for hydroxylation is 1. The van der Waals surface area contributed by atoms with Crippen molar-refractivity contribution in [1.82, 2.24) is 9.55 Å². The summed E-state index contributed by atoms with van der Waals surface area (Å²) in [5, 5.41) is 0.619. The first-order valence-corrected chi connectivity index (χ1v) is 9.18. The van der Waals surface area contributed by atoms with Crippen LogP contribution in [0.25, 0.3) is 23.1 Å². The van der Waals surface area contributed by atoms with E-state index in [9.17, 15) is 4.79 Å². The third kappa shape index (κ3) is 4.07. The van der Waals surface area contributed by atoms with Gasteiger partial charge in [0.05, 0.1) is 25.1 Å². The average molecular weight is 379 g/mol. The van der Waals surface area contributed by atoms with Crippen LogP contribution in [0.15, 0.2) is 41.2 Å². The summed E-state index contributed by atoms with van der Waals surface area (Å²) in [4.78, 5) is 17.8. The number of methoxy groups -OCH3 is 2. The first kappa shape index (κ1) is 19.6. The van der Waals surface area contributed by atoms with E-state index in [1.54, 1.807) is 18.8 Å². The van der Waals surface area contributed by atoms with Gasteiger partial charge in [0.15, 0.2) is 0 Å². The molecule has 3 rings (SSSR count). The molecule has 0 saturated carbocycles. The van der Waals surface area contributed by atoms with Gasteiger partial charge in [-0.05, 0) is 62.4 Å². The Morgan fingerprint density at radius 2 is 1.93 bits per heavy atom. The molecule has 0 spiro atoms. The molecule has 146 valence electrons. The molecule has 6 heteroatoms. The first-order valence-electron chi connectivity index (χ1n) is 9.18. The fraction of sp³-hybridized carbons (Fsp3) is 0.273. The summed E-state index contributed by atoms with van der Waals surface area (Å²) in [6.45, 7) is 2.98. The number of ether oxygens (including phenoxy) is 2. The Morgan fingerprint density at radius 3 is 2.64 bits per heavy atom. The Morgan fingerprint density at radius 1 is 1.11 bits per heavy atom. The fourth-order valence-electron chi connectivity index (χ4n) is 3.08. The third-order valence-corrected chi connectivity index (χ3v) is 4.57. The van der Waals surface area contributed by atoms with Gasteiger partial charge >= 0.3 is 0 Å². The predicted molar refractivity (Wildman–Crippen MR) is 113 cm³/mol. The van der Waals surface area contributed by atoms with E-state index in [2.05, 4.69) is 0 Å². The van der Waals surface area contributed by atoms with E-state index < -0.39 is 0 Å². The summed E-state index contributed by atoms with van der Waals surface area (Å²) >= 11 is 0. The molecule has 28 heavy (non-hydrogen) atoms. The van der Waals surface area contributed by atoms with Crippen LogP contribution < -0.4 is 20.8 Å². The molecule has 2 N–H and O–H groups in total. The largest absolute Gasteiger partial charge is 0.497 e. The Labute approximate surface area is 164 Å². The number of aromatic nitrogens is 2. The number of fused-ring (bicyclic) bond motifs is 1. The predicted octanol–water partition coefficient (Wildman–Crippen LogP) is 3.24. The van der Waals surface area contributed by atoms with Crippen molar-refractivity contribution < 1.29 is 9.47 Å². The SMILES string of the molecule is COc1ccc(OC)c(C=Cc2nc3ccc(C)cc3c(=O)n2CCCN)c1. The molecule has 0 atom stereocenters. The van der Waals surface area contributed by atoms with Crippen LogP contribution >= 0.6 is 0 Å². The molecule has 0 aliphatic rings. The van der Waals surface area contributed by atoms with Gasteiger partial charge < -0.3 is 15.2 Å². The van der Waals surface area contributed by atoms with E-state index in [1.807, 2.05) is 55.5 Å². The smallest absolute Gasteiger partial charge is 0.261 e. The van der Waals surface area contributed by atoms with Gasteiger partial charge in [-0.1, -0.05) is 11.6 Å². The Kier molecular flexibility index (Phi) is 6.11. The number of nitrogens with zero attached hydrogens (tertiary/aromatic N) is 2. The van der Waals surface area contributed by atoms with Crippen molar-refractivity contribution in [1.29, 1.82) is 0 Å². The Balaban J connectivity index is 2.12. The number of hydrogen-bond acceptors (Lipinski definition) is 5. The van der Waals surface area contributed by atoms with Crippen LogP contribution in [0.4, 0.5) is 0 Å². The lowest BCUT2D eigenvalue weighted by Gasteiger charge is -2.12. The summed E-state index contributed by atoms with van der Waals surface area (Å²) < 4.78 is 12.4. The van der Waals surface area contributed by atoms with Gasteiger partial charge in [-0.2, -0.15) is 0 Å². The molecule has 1 heterocycles. The van der Waals surface area contributed by atoms with Gasteiger partial charge in [0.2, 0.25) is 0 Å². The molecular weight excluding hydrogens is 354 g/mol. The topological polar surface area (TPSA) is 79.4 Å². The van der Waals surface area contributed by atoms with Gasteiger partial charge in [-0.15, -0.1) is 0 Å². The molecule has 0 amide bonds. The zero-order chi connectivity index (χ0) is 20.1. The molecule has 0 bridgehead atoms. The maximum Gasteiger partial charge on any atom is 0.261 e. The Bertz CT molecular complexity index is 1070. The molecule has 0 saturated heterocycles. The molecule has 0 aliphatic carbocycles. The van der Waals surface area contributed by atoms with Crippen LogP contribution in [0.1, 0.15) is 23.4 Å². The molecule has 3 aromatic rings. The number of benzene rings is 2. The highest BCUT2D eigenvalue weighted by Gasteiger charge is 2.10. The zero-order valence-electron chi connectivity index (χ0n) is 16.4. The van der Waals surface area contributed by atoms with Crippen molar-refractivity contribution >= 4 is 23.1 Å². The maximum atomic E-state index is 13.0. The minimum atomic E-state index is -0.0561. The maximum absolute atomic E-state index is 13.0. The lowest BCUT2D eigenvalue weighted by atomic mass is 10.1. The van der Waals surface area contributed by atoms with Gasteiger partial charge in [0.1, 0.15) is 17.3 Å². The van der Waals surface area contributed by atoms with Crippen molar-refractivity contribution in [3.63, 3.8) is 0 Å². The van der Waals surface area contributed by atoms with Crippen molar-refractivity contribution in [3.8, 4) is 11.5 Å². The van der Waals surface area contributed by atoms with Crippen LogP contribution in [0, 0.1) is 6.92 Å². The van der Waals surface area contributed by atoms with Crippen molar-refractivity contribution in [2.75, 3.05) is 20.8 Å².